The highest BCUT2D eigenvalue weighted by Crippen LogP contribution is 2.38. The summed E-state index contributed by atoms with van der Waals surface area (Å²) < 4.78 is 16.6. The topological polar surface area (TPSA) is 27.7 Å². The molecule has 1 heterocycles. The van der Waals surface area contributed by atoms with Gasteiger partial charge >= 0.3 is 0 Å². The van der Waals surface area contributed by atoms with Crippen molar-refractivity contribution in [1.82, 2.24) is 0 Å². The zero-order chi connectivity index (χ0) is 11.4. The van der Waals surface area contributed by atoms with Crippen molar-refractivity contribution in [3.63, 3.8) is 0 Å². The number of ether oxygens (including phenoxy) is 3. The highest BCUT2D eigenvalue weighted by Gasteiger charge is 2.16. The van der Waals surface area contributed by atoms with Crippen LogP contribution in [-0.4, -0.2) is 20.3 Å². The van der Waals surface area contributed by atoms with Gasteiger partial charge in [-0.25, -0.2) is 0 Å². The first kappa shape index (κ1) is 10.9. The Kier molecular flexibility index (Phi) is 3.34. The molecular formula is C13H16O3. The van der Waals surface area contributed by atoms with Gasteiger partial charge in [-0.2, -0.15) is 0 Å². The number of methoxy groups -OCH3 is 1. The molecule has 3 heteroatoms. The highest BCUT2D eigenvalue weighted by atomic mass is 16.5. The zero-order valence-electron chi connectivity index (χ0n) is 9.66. The molecule has 16 heavy (non-hydrogen) atoms. The fraction of sp³-hybridized carbons (Fsp3) is 0.385. The summed E-state index contributed by atoms with van der Waals surface area (Å²) in [5.41, 5.74) is 1.06. The minimum atomic E-state index is 0.616. The number of benzene rings is 1. The molecule has 86 valence electrons. The molecule has 1 aliphatic rings. The fourth-order valence-electron chi connectivity index (χ4n) is 1.79. The number of hydrogen-bond donors (Lipinski definition) is 0. The van der Waals surface area contributed by atoms with Crippen LogP contribution in [0.1, 0.15) is 12.5 Å². The molecule has 0 N–H and O–H groups in total. The second kappa shape index (κ2) is 4.92. The smallest absolute Gasteiger partial charge is 0.168 e. The normalized spacial score (nSPS) is 13.6. The van der Waals surface area contributed by atoms with Gasteiger partial charge in [-0.15, -0.1) is 0 Å². The van der Waals surface area contributed by atoms with Crippen molar-refractivity contribution in [1.29, 1.82) is 0 Å². The van der Waals surface area contributed by atoms with E-state index in [-0.39, 0.29) is 0 Å². The van der Waals surface area contributed by atoms with Crippen LogP contribution in [0.25, 0.3) is 0 Å². The lowest BCUT2D eigenvalue weighted by atomic mass is 10.1. The van der Waals surface area contributed by atoms with Gasteiger partial charge < -0.3 is 14.2 Å². The van der Waals surface area contributed by atoms with Crippen molar-refractivity contribution in [3.05, 3.63) is 29.8 Å². The first-order valence-electron chi connectivity index (χ1n) is 5.47. The van der Waals surface area contributed by atoms with Gasteiger partial charge in [0.05, 0.1) is 13.7 Å². The van der Waals surface area contributed by atoms with E-state index in [0.717, 1.165) is 29.2 Å². The van der Waals surface area contributed by atoms with Crippen molar-refractivity contribution < 1.29 is 14.2 Å². The molecule has 3 nitrogen and oxygen atoms in total. The average molecular weight is 220 g/mol. The molecule has 0 atom stereocenters. The molecule has 0 bridgehead atoms. The molecule has 1 aromatic carbocycles. The van der Waals surface area contributed by atoms with Crippen molar-refractivity contribution >= 4 is 0 Å². The quantitative estimate of drug-likeness (QED) is 0.733. The minimum absolute atomic E-state index is 0.616. The van der Waals surface area contributed by atoms with E-state index in [1.165, 1.54) is 0 Å². The Morgan fingerprint density at radius 1 is 1.31 bits per heavy atom. The Morgan fingerprint density at radius 2 is 2.19 bits per heavy atom. The lowest BCUT2D eigenvalue weighted by Gasteiger charge is -2.15. The van der Waals surface area contributed by atoms with Crippen LogP contribution in [0.4, 0.5) is 0 Å². The van der Waals surface area contributed by atoms with Crippen LogP contribution < -0.4 is 14.2 Å². The molecule has 1 aliphatic heterocycles. The molecule has 0 amide bonds. The summed E-state index contributed by atoms with van der Waals surface area (Å²) in [6.07, 6.45) is 4.93. The predicted octanol–water partition coefficient (Wildman–Crippen LogP) is 2.59. The SMILES string of the molecule is CCOc1c(OC)ccc2c1CC=CCO2. The maximum Gasteiger partial charge on any atom is 0.168 e. The third kappa shape index (κ3) is 1.98. The Labute approximate surface area is 95.6 Å². The molecule has 2 rings (SSSR count). The first-order valence-corrected chi connectivity index (χ1v) is 5.47. The number of hydrogen-bond acceptors (Lipinski definition) is 3. The van der Waals surface area contributed by atoms with Crippen molar-refractivity contribution in [3.8, 4) is 17.2 Å². The van der Waals surface area contributed by atoms with Crippen molar-refractivity contribution in [2.45, 2.75) is 13.3 Å². The van der Waals surface area contributed by atoms with Crippen molar-refractivity contribution in [2.75, 3.05) is 20.3 Å². The second-order valence-electron chi connectivity index (χ2n) is 3.49. The number of fused-ring (bicyclic) bond motifs is 1. The summed E-state index contributed by atoms with van der Waals surface area (Å²) in [4.78, 5) is 0. The van der Waals surface area contributed by atoms with E-state index in [1.807, 2.05) is 25.1 Å². The molecule has 0 aliphatic carbocycles. The van der Waals surface area contributed by atoms with Crippen LogP contribution in [0.2, 0.25) is 0 Å². The second-order valence-corrected chi connectivity index (χ2v) is 3.49. The molecule has 0 radical (unpaired) electrons. The maximum absolute atomic E-state index is 5.64. The standard InChI is InChI=1S/C13H16O3/c1-3-15-13-10-6-4-5-9-16-11(10)7-8-12(13)14-2/h4-5,7-8H,3,6,9H2,1-2H3. The third-order valence-electron chi connectivity index (χ3n) is 2.51. The Bertz CT molecular complexity index is 396. The van der Waals surface area contributed by atoms with E-state index in [9.17, 15) is 0 Å². The Balaban J connectivity index is 2.47. The van der Waals surface area contributed by atoms with Crippen LogP contribution in [0.5, 0.6) is 17.2 Å². The summed E-state index contributed by atoms with van der Waals surface area (Å²) in [6, 6.07) is 3.82. The van der Waals surface area contributed by atoms with Gasteiger partial charge in [0.15, 0.2) is 11.5 Å². The molecule has 1 aromatic rings. The molecule has 0 unspecified atom stereocenters. The molecule has 0 saturated carbocycles. The van der Waals surface area contributed by atoms with Crippen LogP contribution >= 0.6 is 0 Å². The van der Waals surface area contributed by atoms with E-state index in [0.29, 0.717) is 13.2 Å². The van der Waals surface area contributed by atoms with E-state index in [4.69, 9.17) is 14.2 Å². The molecule has 0 saturated heterocycles. The minimum Gasteiger partial charge on any atom is -0.493 e. The van der Waals surface area contributed by atoms with E-state index < -0.39 is 0 Å². The molecule has 0 spiro atoms. The van der Waals surface area contributed by atoms with Gasteiger partial charge in [0.2, 0.25) is 0 Å². The molecule has 0 fully saturated rings. The molecular weight excluding hydrogens is 204 g/mol. The van der Waals surface area contributed by atoms with E-state index in [1.54, 1.807) is 7.11 Å². The number of rotatable bonds is 3. The van der Waals surface area contributed by atoms with Crippen LogP contribution in [0.15, 0.2) is 24.3 Å². The summed E-state index contributed by atoms with van der Waals surface area (Å²) in [5, 5.41) is 0. The predicted molar refractivity (Wildman–Crippen MR) is 62.5 cm³/mol. The van der Waals surface area contributed by atoms with Gasteiger partial charge in [0, 0.05) is 5.56 Å². The van der Waals surface area contributed by atoms with Gasteiger partial charge in [0.1, 0.15) is 12.4 Å². The van der Waals surface area contributed by atoms with Crippen molar-refractivity contribution in [2.24, 2.45) is 0 Å². The summed E-state index contributed by atoms with van der Waals surface area (Å²) in [5.74, 6) is 2.45. The summed E-state index contributed by atoms with van der Waals surface area (Å²) in [6.45, 7) is 3.20. The Morgan fingerprint density at radius 3 is 2.94 bits per heavy atom. The maximum atomic E-state index is 5.64. The lowest BCUT2D eigenvalue weighted by molar-refractivity contribution is 0.302. The largest absolute Gasteiger partial charge is 0.493 e. The van der Waals surface area contributed by atoms with Gasteiger partial charge in [-0.05, 0) is 25.5 Å². The van der Waals surface area contributed by atoms with Crippen LogP contribution in [-0.2, 0) is 6.42 Å². The monoisotopic (exact) mass is 220 g/mol. The zero-order valence-corrected chi connectivity index (χ0v) is 9.66. The van der Waals surface area contributed by atoms with E-state index in [2.05, 4.69) is 6.08 Å². The Hall–Kier alpha value is -1.64. The third-order valence-corrected chi connectivity index (χ3v) is 2.51. The molecule has 0 aromatic heterocycles. The van der Waals surface area contributed by atoms with Gasteiger partial charge in [0.25, 0.3) is 0 Å². The van der Waals surface area contributed by atoms with Gasteiger partial charge in [-0.3, -0.25) is 0 Å². The fourth-order valence-corrected chi connectivity index (χ4v) is 1.79. The summed E-state index contributed by atoms with van der Waals surface area (Å²) in [7, 11) is 1.65. The van der Waals surface area contributed by atoms with E-state index >= 15 is 0 Å². The summed E-state index contributed by atoms with van der Waals surface area (Å²) >= 11 is 0. The van der Waals surface area contributed by atoms with Gasteiger partial charge in [-0.1, -0.05) is 12.2 Å². The average Bonchev–Trinajstić information content (AvgIpc) is 2.55. The highest BCUT2D eigenvalue weighted by molar-refractivity contribution is 5.55. The number of allylic oxidation sites excluding steroid dienone is 1. The first-order chi connectivity index (χ1) is 7.86. The van der Waals surface area contributed by atoms with Crippen LogP contribution in [0.3, 0.4) is 0 Å². The lowest BCUT2D eigenvalue weighted by Crippen LogP contribution is -2.01. The van der Waals surface area contributed by atoms with Crippen LogP contribution in [0, 0.1) is 0 Å².